The van der Waals surface area contributed by atoms with E-state index in [2.05, 4.69) is 10.0 Å². The summed E-state index contributed by atoms with van der Waals surface area (Å²) in [5.74, 6) is -1.48. The molecule has 2 aromatic rings. The van der Waals surface area contributed by atoms with Gasteiger partial charge in [-0.2, -0.15) is 4.72 Å². The summed E-state index contributed by atoms with van der Waals surface area (Å²) in [7, 11) is -4.08. The summed E-state index contributed by atoms with van der Waals surface area (Å²) in [6, 6.07) is 11.8. The first-order valence-corrected chi connectivity index (χ1v) is 9.84. The average Bonchev–Trinajstić information content (AvgIpc) is 2.84. The highest BCUT2D eigenvalue weighted by atomic mass is 32.2. The van der Waals surface area contributed by atoms with Gasteiger partial charge in [-0.25, -0.2) is 8.42 Å². The highest BCUT2D eigenvalue weighted by molar-refractivity contribution is 7.89. The topological polar surface area (TPSA) is 113 Å². The van der Waals surface area contributed by atoms with Crippen molar-refractivity contribution in [1.29, 1.82) is 0 Å². The number of hydrogen-bond donors (Lipinski definition) is 3. The quantitative estimate of drug-likeness (QED) is 0.699. The maximum absolute atomic E-state index is 12.7. The largest absolute Gasteiger partial charge is 0.480 e. The smallest absolute Gasteiger partial charge is 0.322 e. The first-order valence-electron chi connectivity index (χ1n) is 8.36. The van der Waals surface area contributed by atoms with Crippen LogP contribution in [0, 0.1) is 0 Å². The van der Waals surface area contributed by atoms with Gasteiger partial charge < -0.3 is 10.4 Å². The van der Waals surface area contributed by atoms with Crippen molar-refractivity contribution >= 4 is 27.6 Å². The van der Waals surface area contributed by atoms with Crippen LogP contribution in [0.2, 0.25) is 0 Å². The molecule has 2 aromatic carbocycles. The third-order valence-electron chi connectivity index (χ3n) is 4.67. The van der Waals surface area contributed by atoms with Crippen LogP contribution >= 0.6 is 0 Å². The number of nitrogens with one attached hydrogen (secondary N) is 2. The van der Waals surface area contributed by atoms with Crippen LogP contribution in [0.5, 0.6) is 0 Å². The summed E-state index contributed by atoms with van der Waals surface area (Å²) in [6.07, 6.45) is 0.0197. The molecule has 8 heteroatoms. The summed E-state index contributed by atoms with van der Waals surface area (Å²) in [5, 5.41) is 12.1. The molecule has 142 valence electrons. The molecule has 0 saturated carbocycles. The van der Waals surface area contributed by atoms with E-state index in [4.69, 9.17) is 0 Å². The molecule has 1 aliphatic rings. The molecule has 0 fully saturated rings. The lowest BCUT2D eigenvalue weighted by molar-refractivity contribution is -0.138. The average molecular weight is 388 g/mol. The number of fused-ring (bicyclic) bond motifs is 1. The summed E-state index contributed by atoms with van der Waals surface area (Å²) in [4.78, 5) is 23.5. The fourth-order valence-corrected chi connectivity index (χ4v) is 4.22. The van der Waals surface area contributed by atoms with Crippen molar-refractivity contribution in [1.82, 2.24) is 4.72 Å². The molecule has 0 unspecified atom stereocenters. The van der Waals surface area contributed by atoms with Crippen molar-refractivity contribution in [2.75, 3.05) is 5.32 Å². The Morgan fingerprint density at radius 1 is 1.19 bits per heavy atom. The third-order valence-corrected chi connectivity index (χ3v) is 6.14. The van der Waals surface area contributed by atoms with Crippen molar-refractivity contribution in [3.8, 4) is 0 Å². The van der Waals surface area contributed by atoms with E-state index in [1.54, 1.807) is 44.2 Å². The molecule has 3 rings (SSSR count). The van der Waals surface area contributed by atoms with Crippen LogP contribution < -0.4 is 10.0 Å². The van der Waals surface area contributed by atoms with Gasteiger partial charge in [-0.05, 0) is 49.6 Å². The number of hydrogen-bond acceptors (Lipinski definition) is 4. The summed E-state index contributed by atoms with van der Waals surface area (Å²) >= 11 is 0. The Balaban J connectivity index is 1.89. The number of rotatable bonds is 6. The Morgan fingerprint density at radius 2 is 1.85 bits per heavy atom. The Morgan fingerprint density at radius 3 is 2.48 bits per heavy atom. The van der Waals surface area contributed by atoms with E-state index >= 15 is 0 Å². The number of benzene rings is 2. The lowest BCUT2D eigenvalue weighted by Gasteiger charge is -2.18. The minimum atomic E-state index is -4.08. The third kappa shape index (κ3) is 3.72. The first-order chi connectivity index (χ1) is 12.6. The number of sulfonamides is 1. The van der Waals surface area contributed by atoms with E-state index in [0.29, 0.717) is 16.8 Å². The van der Waals surface area contributed by atoms with Crippen LogP contribution in [0.25, 0.3) is 0 Å². The maximum Gasteiger partial charge on any atom is 0.322 e. The molecular weight excluding hydrogens is 368 g/mol. The monoisotopic (exact) mass is 388 g/mol. The summed E-state index contributed by atoms with van der Waals surface area (Å²) < 4.78 is 27.8. The lowest BCUT2D eigenvalue weighted by atomic mass is 9.86. The van der Waals surface area contributed by atoms with E-state index in [1.165, 1.54) is 18.2 Å². The minimum Gasteiger partial charge on any atom is -0.480 e. The molecule has 3 N–H and O–H groups in total. The van der Waals surface area contributed by atoms with Crippen LogP contribution in [-0.4, -0.2) is 31.4 Å². The SMILES string of the molecule is CC1(C)C(=O)Nc2ccc(S(=O)(=O)N[C@H](Cc3ccccc3)C(=O)O)cc21. The molecule has 0 aromatic heterocycles. The molecule has 1 amide bonds. The van der Waals surface area contributed by atoms with Gasteiger partial charge in [0.2, 0.25) is 15.9 Å². The molecule has 1 aliphatic heterocycles. The van der Waals surface area contributed by atoms with E-state index in [-0.39, 0.29) is 17.2 Å². The van der Waals surface area contributed by atoms with Gasteiger partial charge in [0.25, 0.3) is 0 Å². The second-order valence-electron chi connectivity index (χ2n) is 6.99. The van der Waals surface area contributed by atoms with E-state index in [0.717, 1.165) is 0 Å². The van der Waals surface area contributed by atoms with E-state index in [9.17, 15) is 23.1 Å². The van der Waals surface area contributed by atoms with Gasteiger partial charge in [0.1, 0.15) is 6.04 Å². The Bertz CT molecular complexity index is 1000. The molecule has 0 aliphatic carbocycles. The minimum absolute atomic E-state index is 0.0197. The van der Waals surface area contributed by atoms with Crippen molar-refractivity contribution in [3.63, 3.8) is 0 Å². The molecule has 0 saturated heterocycles. The summed E-state index contributed by atoms with van der Waals surface area (Å²) in [6.45, 7) is 3.40. The van der Waals surface area contributed by atoms with E-state index < -0.39 is 27.4 Å². The predicted molar refractivity (Wildman–Crippen MR) is 100.0 cm³/mol. The van der Waals surface area contributed by atoms with Gasteiger partial charge >= 0.3 is 5.97 Å². The number of anilines is 1. The zero-order valence-corrected chi connectivity index (χ0v) is 15.7. The lowest BCUT2D eigenvalue weighted by Crippen LogP contribution is -2.42. The molecular formula is C19H20N2O5S. The summed E-state index contributed by atoms with van der Waals surface area (Å²) in [5.41, 5.74) is 0.961. The second-order valence-corrected chi connectivity index (χ2v) is 8.70. The molecule has 0 spiro atoms. The van der Waals surface area contributed by atoms with Crippen molar-refractivity contribution in [2.45, 2.75) is 36.6 Å². The van der Waals surface area contributed by atoms with Crippen molar-refractivity contribution in [2.24, 2.45) is 0 Å². The van der Waals surface area contributed by atoms with Gasteiger partial charge in [-0.1, -0.05) is 30.3 Å². The number of aliphatic carboxylic acids is 1. The first kappa shape index (κ1) is 19.1. The Hall–Kier alpha value is -2.71. The molecule has 27 heavy (non-hydrogen) atoms. The van der Waals surface area contributed by atoms with Crippen LogP contribution in [0.4, 0.5) is 5.69 Å². The Labute approximate surface area is 157 Å². The highest BCUT2D eigenvalue weighted by Crippen LogP contribution is 2.38. The van der Waals surface area contributed by atoms with Gasteiger partial charge in [0.15, 0.2) is 0 Å². The van der Waals surface area contributed by atoms with Crippen LogP contribution in [0.1, 0.15) is 25.0 Å². The number of carbonyl (C=O) groups is 2. The van der Waals surface area contributed by atoms with Crippen LogP contribution in [0.15, 0.2) is 53.4 Å². The van der Waals surface area contributed by atoms with Crippen LogP contribution in [-0.2, 0) is 31.4 Å². The predicted octanol–water partition coefficient (Wildman–Crippen LogP) is 1.89. The van der Waals surface area contributed by atoms with Gasteiger partial charge in [0, 0.05) is 5.69 Å². The Kier molecular flexibility index (Phi) is 4.79. The van der Waals surface area contributed by atoms with Gasteiger partial charge in [-0.3, -0.25) is 9.59 Å². The molecule has 1 atom stereocenters. The highest BCUT2D eigenvalue weighted by Gasteiger charge is 2.39. The molecule has 7 nitrogen and oxygen atoms in total. The van der Waals surface area contributed by atoms with E-state index in [1.807, 2.05) is 0 Å². The number of carboxylic acids is 1. The number of carbonyl (C=O) groups excluding carboxylic acids is 1. The maximum atomic E-state index is 12.7. The number of amides is 1. The fraction of sp³-hybridized carbons (Fsp3) is 0.263. The van der Waals surface area contributed by atoms with Crippen molar-refractivity contribution < 1.29 is 23.1 Å². The molecule has 0 radical (unpaired) electrons. The zero-order chi connectivity index (χ0) is 19.8. The van der Waals surface area contributed by atoms with Gasteiger partial charge in [0.05, 0.1) is 10.3 Å². The fourth-order valence-electron chi connectivity index (χ4n) is 3.00. The second kappa shape index (κ2) is 6.79. The van der Waals surface area contributed by atoms with Gasteiger partial charge in [-0.15, -0.1) is 0 Å². The van der Waals surface area contributed by atoms with Crippen molar-refractivity contribution in [3.05, 3.63) is 59.7 Å². The zero-order valence-electron chi connectivity index (χ0n) is 14.9. The standard InChI is InChI=1S/C19H20N2O5S/c1-19(2)14-11-13(8-9-15(14)20-18(19)24)27(25,26)21-16(17(22)23)10-12-6-4-3-5-7-12/h3-9,11,16,21H,10H2,1-2H3,(H,20,24)(H,22,23)/t16-/m1/s1. The normalized spacial score (nSPS) is 16.4. The number of carboxylic acid groups (broad SMARTS) is 1. The molecule has 0 bridgehead atoms. The molecule has 1 heterocycles. The van der Waals surface area contributed by atoms with Crippen LogP contribution in [0.3, 0.4) is 0 Å².